The maximum absolute atomic E-state index is 12.3. The van der Waals surface area contributed by atoms with Crippen LogP contribution in [-0.2, 0) is 4.79 Å². The summed E-state index contributed by atoms with van der Waals surface area (Å²) < 4.78 is 0. The van der Waals surface area contributed by atoms with Gasteiger partial charge in [-0.2, -0.15) is 0 Å². The number of rotatable bonds is 7. The molecule has 0 aliphatic rings. The summed E-state index contributed by atoms with van der Waals surface area (Å²) in [5.74, 6) is 0.218. The van der Waals surface area contributed by atoms with Crippen LogP contribution in [0.1, 0.15) is 42.7 Å². The third kappa shape index (κ3) is 4.95. The SMILES string of the molecule is CC(=O)c1cccc(NCC(=O)NC(c2ccccc2)C(C)C)c1. The number of carbonyl (C=O) groups is 2. The third-order valence-corrected chi connectivity index (χ3v) is 3.86. The third-order valence-electron chi connectivity index (χ3n) is 3.86. The van der Waals surface area contributed by atoms with Gasteiger partial charge in [-0.1, -0.05) is 56.3 Å². The lowest BCUT2D eigenvalue weighted by atomic mass is 9.96. The minimum Gasteiger partial charge on any atom is -0.376 e. The normalized spacial score (nSPS) is 11.8. The van der Waals surface area contributed by atoms with E-state index in [4.69, 9.17) is 0 Å². The van der Waals surface area contributed by atoms with Crippen LogP contribution in [0.25, 0.3) is 0 Å². The van der Waals surface area contributed by atoms with Gasteiger partial charge in [0.15, 0.2) is 5.78 Å². The summed E-state index contributed by atoms with van der Waals surface area (Å²) in [6.45, 7) is 5.86. The summed E-state index contributed by atoms with van der Waals surface area (Å²) in [5, 5.41) is 6.14. The molecule has 2 aromatic rings. The fourth-order valence-corrected chi connectivity index (χ4v) is 2.55. The molecule has 1 atom stereocenters. The number of hydrogen-bond donors (Lipinski definition) is 2. The lowest BCUT2D eigenvalue weighted by Crippen LogP contribution is -2.35. The van der Waals surface area contributed by atoms with Gasteiger partial charge in [-0.05, 0) is 30.5 Å². The molecule has 0 aliphatic carbocycles. The van der Waals surface area contributed by atoms with E-state index in [0.717, 1.165) is 11.3 Å². The Hall–Kier alpha value is -2.62. The molecule has 0 saturated heterocycles. The van der Waals surface area contributed by atoms with Gasteiger partial charge in [-0.3, -0.25) is 9.59 Å². The monoisotopic (exact) mass is 324 g/mol. The van der Waals surface area contributed by atoms with Crippen LogP contribution in [0.3, 0.4) is 0 Å². The molecular formula is C20H24N2O2. The van der Waals surface area contributed by atoms with Crippen molar-refractivity contribution >= 4 is 17.4 Å². The van der Waals surface area contributed by atoms with Crippen LogP contribution in [0, 0.1) is 5.92 Å². The topological polar surface area (TPSA) is 58.2 Å². The summed E-state index contributed by atoms with van der Waals surface area (Å²) in [4.78, 5) is 23.7. The molecule has 126 valence electrons. The highest BCUT2D eigenvalue weighted by molar-refractivity contribution is 5.95. The van der Waals surface area contributed by atoms with Gasteiger partial charge >= 0.3 is 0 Å². The van der Waals surface area contributed by atoms with E-state index in [0.29, 0.717) is 5.56 Å². The second kappa shape index (κ2) is 8.29. The van der Waals surface area contributed by atoms with Crippen molar-refractivity contribution in [2.45, 2.75) is 26.8 Å². The van der Waals surface area contributed by atoms with Gasteiger partial charge in [0.05, 0.1) is 12.6 Å². The molecule has 4 heteroatoms. The lowest BCUT2D eigenvalue weighted by molar-refractivity contribution is -0.120. The number of amides is 1. The largest absolute Gasteiger partial charge is 0.376 e. The Bertz CT molecular complexity index is 696. The lowest BCUT2D eigenvalue weighted by Gasteiger charge is -2.23. The summed E-state index contributed by atoms with van der Waals surface area (Å²) in [6.07, 6.45) is 0. The van der Waals surface area contributed by atoms with Crippen molar-refractivity contribution in [1.29, 1.82) is 0 Å². The molecule has 1 amide bonds. The molecule has 0 aliphatic heterocycles. The number of Topliss-reactive ketones (excluding diaryl/α,β-unsaturated/α-hetero) is 1. The first-order valence-electron chi connectivity index (χ1n) is 8.16. The molecule has 0 saturated carbocycles. The van der Waals surface area contributed by atoms with Gasteiger partial charge in [-0.25, -0.2) is 0 Å². The molecule has 24 heavy (non-hydrogen) atoms. The smallest absolute Gasteiger partial charge is 0.239 e. The molecule has 0 bridgehead atoms. The Balaban J connectivity index is 1.97. The van der Waals surface area contributed by atoms with Crippen molar-refractivity contribution in [3.05, 3.63) is 65.7 Å². The Kier molecular flexibility index (Phi) is 6.13. The molecule has 0 heterocycles. The summed E-state index contributed by atoms with van der Waals surface area (Å²) in [5.41, 5.74) is 2.49. The van der Waals surface area contributed by atoms with Crippen molar-refractivity contribution in [3.8, 4) is 0 Å². The first-order chi connectivity index (χ1) is 11.5. The van der Waals surface area contributed by atoms with Crippen molar-refractivity contribution < 1.29 is 9.59 Å². The van der Waals surface area contributed by atoms with Crippen molar-refractivity contribution in [2.24, 2.45) is 5.92 Å². The maximum Gasteiger partial charge on any atom is 0.239 e. The van der Waals surface area contributed by atoms with E-state index in [-0.39, 0.29) is 30.2 Å². The fraction of sp³-hybridized carbons (Fsp3) is 0.300. The van der Waals surface area contributed by atoms with E-state index < -0.39 is 0 Å². The highest BCUT2D eigenvalue weighted by Crippen LogP contribution is 2.21. The predicted octanol–water partition coefficient (Wildman–Crippen LogP) is 3.81. The molecule has 1 unspecified atom stereocenters. The average molecular weight is 324 g/mol. The standard InChI is InChI=1S/C20H24N2O2/c1-14(2)20(16-8-5-4-6-9-16)22-19(24)13-21-18-11-7-10-17(12-18)15(3)23/h4-12,14,20-21H,13H2,1-3H3,(H,22,24). The van der Waals surface area contributed by atoms with Gasteiger partial charge in [0.1, 0.15) is 0 Å². The minimum atomic E-state index is -0.0780. The fourth-order valence-electron chi connectivity index (χ4n) is 2.55. The number of benzene rings is 2. The molecular weight excluding hydrogens is 300 g/mol. The van der Waals surface area contributed by atoms with E-state index in [9.17, 15) is 9.59 Å². The highest BCUT2D eigenvalue weighted by Gasteiger charge is 2.17. The molecule has 2 aromatic carbocycles. The quantitative estimate of drug-likeness (QED) is 0.761. The maximum atomic E-state index is 12.3. The van der Waals surface area contributed by atoms with E-state index >= 15 is 0 Å². The molecule has 0 aromatic heterocycles. The van der Waals surface area contributed by atoms with Crippen LogP contribution >= 0.6 is 0 Å². The Labute approximate surface area is 143 Å². The zero-order chi connectivity index (χ0) is 17.5. The second-order valence-electron chi connectivity index (χ2n) is 6.19. The van der Waals surface area contributed by atoms with Crippen molar-refractivity contribution in [1.82, 2.24) is 5.32 Å². The number of carbonyl (C=O) groups excluding carboxylic acids is 2. The zero-order valence-corrected chi connectivity index (χ0v) is 14.4. The Morgan fingerprint density at radius 3 is 2.33 bits per heavy atom. The number of ketones is 1. The van der Waals surface area contributed by atoms with E-state index in [2.05, 4.69) is 24.5 Å². The zero-order valence-electron chi connectivity index (χ0n) is 14.4. The summed E-state index contributed by atoms with van der Waals surface area (Å²) in [7, 11) is 0. The average Bonchev–Trinajstić information content (AvgIpc) is 2.58. The van der Waals surface area contributed by atoms with Gasteiger partial charge in [0, 0.05) is 11.3 Å². The molecule has 0 radical (unpaired) electrons. The first kappa shape index (κ1) is 17.7. The molecule has 2 N–H and O–H groups in total. The van der Waals surface area contributed by atoms with Crippen LogP contribution in [0.15, 0.2) is 54.6 Å². The van der Waals surface area contributed by atoms with Gasteiger partial charge in [0.25, 0.3) is 0 Å². The molecule has 2 rings (SSSR count). The van der Waals surface area contributed by atoms with Gasteiger partial charge in [-0.15, -0.1) is 0 Å². The van der Waals surface area contributed by atoms with Crippen molar-refractivity contribution in [3.63, 3.8) is 0 Å². The van der Waals surface area contributed by atoms with Crippen LogP contribution in [0.2, 0.25) is 0 Å². The van der Waals surface area contributed by atoms with Gasteiger partial charge in [0.2, 0.25) is 5.91 Å². The van der Waals surface area contributed by atoms with Crippen LogP contribution in [-0.4, -0.2) is 18.2 Å². The summed E-state index contributed by atoms with van der Waals surface area (Å²) >= 11 is 0. The van der Waals surface area contributed by atoms with E-state index in [1.807, 2.05) is 36.4 Å². The minimum absolute atomic E-state index is 0.00653. The van der Waals surface area contributed by atoms with E-state index in [1.165, 1.54) is 6.92 Å². The highest BCUT2D eigenvalue weighted by atomic mass is 16.2. The Morgan fingerprint density at radius 2 is 1.71 bits per heavy atom. The molecule has 0 spiro atoms. The number of anilines is 1. The van der Waals surface area contributed by atoms with Crippen LogP contribution < -0.4 is 10.6 Å². The molecule has 0 fully saturated rings. The number of hydrogen-bond acceptors (Lipinski definition) is 3. The van der Waals surface area contributed by atoms with Crippen LogP contribution in [0.4, 0.5) is 5.69 Å². The number of nitrogens with one attached hydrogen (secondary N) is 2. The second-order valence-corrected chi connectivity index (χ2v) is 6.19. The van der Waals surface area contributed by atoms with Crippen molar-refractivity contribution in [2.75, 3.05) is 11.9 Å². The Morgan fingerprint density at radius 1 is 1.00 bits per heavy atom. The molecule has 4 nitrogen and oxygen atoms in total. The van der Waals surface area contributed by atoms with Crippen LogP contribution in [0.5, 0.6) is 0 Å². The summed E-state index contributed by atoms with van der Waals surface area (Å²) in [6, 6.07) is 17.1. The van der Waals surface area contributed by atoms with Gasteiger partial charge < -0.3 is 10.6 Å². The first-order valence-corrected chi connectivity index (χ1v) is 8.16. The predicted molar refractivity (Wildman–Crippen MR) is 97.1 cm³/mol. The van der Waals surface area contributed by atoms with E-state index in [1.54, 1.807) is 18.2 Å².